The molecule has 0 aliphatic rings. The lowest BCUT2D eigenvalue weighted by Crippen LogP contribution is -2.25. The van der Waals surface area contributed by atoms with Crippen LogP contribution in [0.2, 0.25) is 0 Å². The molecule has 0 fully saturated rings. The Morgan fingerprint density at radius 2 is 2.19 bits per heavy atom. The number of hydrogen-bond acceptors (Lipinski definition) is 5. The minimum atomic E-state index is -1.15. The Bertz CT molecular complexity index is 654. The normalized spacial score (nSPS) is 11.7. The molecule has 21 heavy (non-hydrogen) atoms. The Kier molecular flexibility index (Phi) is 4.17. The molecule has 0 aliphatic carbocycles. The number of aromatic carboxylic acids is 1. The highest BCUT2D eigenvalue weighted by Gasteiger charge is 2.19. The van der Waals surface area contributed by atoms with Gasteiger partial charge in [0.25, 0.3) is 0 Å². The lowest BCUT2D eigenvalue weighted by Gasteiger charge is -2.14. The monoisotopic (exact) mass is 290 g/mol. The van der Waals surface area contributed by atoms with Crippen LogP contribution in [0.3, 0.4) is 0 Å². The van der Waals surface area contributed by atoms with Crippen molar-refractivity contribution in [2.45, 2.75) is 13.0 Å². The number of anilines is 1. The molecule has 0 radical (unpaired) electrons. The van der Waals surface area contributed by atoms with E-state index in [2.05, 4.69) is 15.4 Å². The van der Waals surface area contributed by atoms with E-state index in [0.717, 1.165) is 0 Å². The summed E-state index contributed by atoms with van der Waals surface area (Å²) >= 11 is 0. The highest BCUT2D eigenvalue weighted by atomic mass is 16.5. The van der Waals surface area contributed by atoms with Crippen molar-refractivity contribution < 1.29 is 19.4 Å². The van der Waals surface area contributed by atoms with Gasteiger partial charge in [0.1, 0.15) is 24.4 Å². The molecule has 0 saturated heterocycles. The minimum Gasteiger partial charge on any atom is -0.497 e. The number of carboxylic acid groups (broad SMARTS) is 1. The number of hydrogen-bond donors (Lipinski definition) is 2. The van der Waals surface area contributed by atoms with Gasteiger partial charge in [-0.05, 0) is 25.1 Å². The van der Waals surface area contributed by atoms with Crippen LogP contribution in [-0.4, -0.2) is 38.9 Å². The second kappa shape index (κ2) is 6.04. The molecule has 8 nitrogen and oxygen atoms in total. The zero-order chi connectivity index (χ0) is 15.4. The first kappa shape index (κ1) is 14.5. The number of rotatable bonds is 5. The number of carbonyl (C=O) groups is 2. The molecule has 110 valence electrons. The third-order valence-corrected chi connectivity index (χ3v) is 2.93. The van der Waals surface area contributed by atoms with E-state index >= 15 is 0 Å². The highest BCUT2D eigenvalue weighted by Crippen LogP contribution is 2.23. The van der Waals surface area contributed by atoms with Crippen molar-refractivity contribution in [2.75, 3.05) is 12.4 Å². The van der Waals surface area contributed by atoms with Crippen LogP contribution >= 0.6 is 0 Å². The predicted molar refractivity (Wildman–Crippen MR) is 73.3 cm³/mol. The van der Waals surface area contributed by atoms with Crippen molar-refractivity contribution in [1.29, 1.82) is 0 Å². The quantitative estimate of drug-likeness (QED) is 0.856. The predicted octanol–water partition coefficient (Wildman–Crippen LogP) is 1.18. The van der Waals surface area contributed by atoms with Crippen molar-refractivity contribution in [3.05, 3.63) is 36.4 Å². The Hall–Kier alpha value is -2.90. The molecule has 1 heterocycles. The van der Waals surface area contributed by atoms with Crippen LogP contribution in [0.5, 0.6) is 5.75 Å². The van der Waals surface area contributed by atoms with Gasteiger partial charge in [-0.25, -0.2) is 14.5 Å². The van der Waals surface area contributed by atoms with Crippen molar-refractivity contribution in [1.82, 2.24) is 14.8 Å². The first-order valence-corrected chi connectivity index (χ1v) is 6.09. The molecule has 2 aromatic rings. The summed E-state index contributed by atoms with van der Waals surface area (Å²) in [6.07, 6.45) is 2.73. The number of carboxylic acids is 1. The zero-order valence-electron chi connectivity index (χ0n) is 11.5. The van der Waals surface area contributed by atoms with E-state index in [1.165, 1.54) is 36.6 Å². The number of amides is 1. The number of benzene rings is 1. The van der Waals surface area contributed by atoms with Gasteiger partial charge in [-0.1, -0.05) is 0 Å². The average molecular weight is 290 g/mol. The maximum atomic E-state index is 12.1. The fourth-order valence-electron chi connectivity index (χ4n) is 1.71. The Morgan fingerprint density at radius 1 is 1.43 bits per heavy atom. The van der Waals surface area contributed by atoms with E-state index in [1.807, 2.05) is 0 Å². The summed E-state index contributed by atoms with van der Waals surface area (Å²) in [4.78, 5) is 27.1. The van der Waals surface area contributed by atoms with Crippen molar-refractivity contribution in [3.8, 4) is 5.75 Å². The van der Waals surface area contributed by atoms with E-state index in [0.29, 0.717) is 5.75 Å². The summed E-state index contributed by atoms with van der Waals surface area (Å²) in [5.74, 6) is -1.15. The van der Waals surface area contributed by atoms with Crippen molar-refractivity contribution in [2.24, 2.45) is 0 Å². The zero-order valence-corrected chi connectivity index (χ0v) is 11.5. The van der Waals surface area contributed by atoms with E-state index in [1.54, 1.807) is 13.0 Å². The molecule has 2 rings (SSSR count). The van der Waals surface area contributed by atoms with Crippen LogP contribution in [-0.2, 0) is 4.79 Å². The summed E-state index contributed by atoms with van der Waals surface area (Å²) in [6.45, 7) is 1.63. The summed E-state index contributed by atoms with van der Waals surface area (Å²) in [7, 11) is 1.44. The van der Waals surface area contributed by atoms with Crippen LogP contribution < -0.4 is 10.1 Å². The van der Waals surface area contributed by atoms with Crippen LogP contribution in [0.25, 0.3) is 0 Å². The van der Waals surface area contributed by atoms with E-state index in [-0.39, 0.29) is 11.3 Å². The number of nitrogens with zero attached hydrogens (tertiary/aromatic N) is 3. The molecule has 1 aromatic heterocycles. The first-order valence-electron chi connectivity index (χ1n) is 6.09. The Labute approximate surface area is 120 Å². The molecule has 1 unspecified atom stereocenters. The molecule has 1 atom stereocenters. The van der Waals surface area contributed by atoms with Crippen LogP contribution in [0.15, 0.2) is 30.9 Å². The summed E-state index contributed by atoms with van der Waals surface area (Å²) < 4.78 is 6.35. The average Bonchev–Trinajstić information content (AvgIpc) is 3.00. The number of methoxy groups -OCH3 is 1. The van der Waals surface area contributed by atoms with E-state index in [9.17, 15) is 14.7 Å². The van der Waals surface area contributed by atoms with Crippen molar-refractivity contribution >= 4 is 17.6 Å². The summed E-state index contributed by atoms with van der Waals surface area (Å²) in [5, 5.41) is 15.6. The smallest absolute Gasteiger partial charge is 0.337 e. The lowest BCUT2D eigenvalue weighted by molar-refractivity contribution is -0.119. The van der Waals surface area contributed by atoms with Crippen molar-refractivity contribution in [3.63, 3.8) is 0 Å². The molecule has 0 spiro atoms. The van der Waals surface area contributed by atoms with Crippen LogP contribution in [0.1, 0.15) is 23.3 Å². The van der Waals surface area contributed by atoms with Crippen LogP contribution in [0.4, 0.5) is 5.69 Å². The largest absolute Gasteiger partial charge is 0.497 e. The number of carbonyl (C=O) groups excluding carboxylic acids is 1. The maximum absolute atomic E-state index is 12.1. The molecule has 0 saturated carbocycles. The third kappa shape index (κ3) is 3.16. The third-order valence-electron chi connectivity index (χ3n) is 2.93. The van der Waals surface area contributed by atoms with Gasteiger partial charge in [0, 0.05) is 0 Å². The fourth-order valence-corrected chi connectivity index (χ4v) is 1.71. The topological polar surface area (TPSA) is 106 Å². The highest BCUT2D eigenvalue weighted by molar-refractivity contribution is 6.01. The Morgan fingerprint density at radius 3 is 2.76 bits per heavy atom. The minimum absolute atomic E-state index is 0.0477. The van der Waals surface area contributed by atoms with E-state index in [4.69, 9.17) is 4.74 Å². The molecule has 0 bridgehead atoms. The molecule has 8 heteroatoms. The number of nitrogens with one attached hydrogen (secondary N) is 1. The van der Waals surface area contributed by atoms with Gasteiger partial charge >= 0.3 is 5.97 Å². The molecule has 2 N–H and O–H groups in total. The van der Waals surface area contributed by atoms with E-state index < -0.39 is 17.9 Å². The second-order valence-electron chi connectivity index (χ2n) is 4.26. The molecule has 1 amide bonds. The lowest BCUT2D eigenvalue weighted by atomic mass is 10.1. The number of aromatic nitrogens is 3. The Balaban J connectivity index is 2.23. The van der Waals surface area contributed by atoms with Crippen LogP contribution in [0, 0.1) is 0 Å². The SMILES string of the molecule is COc1ccc(NC(=O)C(C)n2cncn2)c(C(=O)O)c1. The maximum Gasteiger partial charge on any atom is 0.337 e. The summed E-state index contributed by atoms with van der Waals surface area (Å²) in [6, 6.07) is 3.78. The van der Waals surface area contributed by atoms with Gasteiger partial charge in [0.05, 0.1) is 18.4 Å². The van der Waals surface area contributed by atoms with Gasteiger partial charge in [-0.15, -0.1) is 0 Å². The molecular weight excluding hydrogens is 276 g/mol. The van der Waals surface area contributed by atoms with Gasteiger partial charge in [0.15, 0.2) is 0 Å². The molecule has 0 aliphatic heterocycles. The second-order valence-corrected chi connectivity index (χ2v) is 4.26. The standard InChI is InChI=1S/C13H14N4O4/c1-8(17-7-14-6-15-17)12(18)16-11-4-3-9(21-2)5-10(11)13(19)20/h3-8H,1-2H3,(H,16,18)(H,19,20). The fraction of sp³-hybridized carbons (Fsp3) is 0.231. The van der Waals surface area contributed by atoms with Gasteiger partial charge < -0.3 is 15.2 Å². The number of ether oxygens (including phenoxy) is 1. The summed E-state index contributed by atoms with van der Waals surface area (Å²) in [5.41, 5.74) is 0.147. The van der Waals surface area contributed by atoms with Gasteiger partial charge in [0.2, 0.25) is 5.91 Å². The van der Waals surface area contributed by atoms with Gasteiger partial charge in [-0.3, -0.25) is 4.79 Å². The first-order chi connectivity index (χ1) is 10.0. The molecular formula is C13H14N4O4. The molecule has 1 aromatic carbocycles. The van der Waals surface area contributed by atoms with Gasteiger partial charge in [-0.2, -0.15) is 5.10 Å².